The Morgan fingerprint density at radius 1 is 1.50 bits per heavy atom. The number of carbonyl (C=O) groups is 2. The molecular weight excluding hydrogens is 210 g/mol. The third-order valence-electron chi connectivity index (χ3n) is 2.25. The zero-order valence-corrected chi connectivity index (χ0v) is 8.40. The van der Waals surface area contributed by atoms with Crippen molar-refractivity contribution >= 4 is 17.5 Å². The van der Waals surface area contributed by atoms with E-state index in [1.54, 1.807) is 24.3 Å². The van der Waals surface area contributed by atoms with Gasteiger partial charge >= 0.3 is 0 Å². The van der Waals surface area contributed by atoms with Gasteiger partial charge in [0.15, 0.2) is 0 Å². The number of nitrogens with one attached hydrogen (secondary N) is 2. The fourth-order valence-corrected chi connectivity index (χ4v) is 1.39. The first kappa shape index (κ1) is 10.4. The third kappa shape index (κ3) is 1.96. The van der Waals surface area contributed by atoms with Gasteiger partial charge in [0.05, 0.1) is 5.56 Å². The van der Waals surface area contributed by atoms with Gasteiger partial charge in [0.25, 0.3) is 11.8 Å². The standard InChI is InChI=1S/C10H11N3O3/c11-7-4-2-1-3-6(7)9(14)12-8-5-16-13-10(8)15/h1-4,8H,5,11H2,(H,12,14)(H,13,15)/t8-/m1/s1. The number of nitrogens with two attached hydrogens (primary N) is 1. The van der Waals surface area contributed by atoms with Crippen molar-refractivity contribution in [2.24, 2.45) is 0 Å². The summed E-state index contributed by atoms with van der Waals surface area (Å²) in [6.07, 6.45) is 0. The van der Waals surface area contributed by atoms with Crippen LogP contribution in [0.2, 0.25) is 0 Å². The lowest BCUT2D eigenvalue weighted by atomic mass is 10.1. The van der Waals surface area contributed by atoms with E-state index in [9.17, 15) is 9.59 Å². The molecule has 1 fully saturated rings. The molecule has 0 aliphatic carbocycles. The first-order valence-corrected chi connectivity index (χ1v) is 4.75. The average molecular weight is 221 g/mol. The number of para-hydroxylation sites is 1. The Morgan fingerprint density at radius 2 is 2.25 bits per heavy atom. The molecule has 0 radical (unpaired) electrons. The molecule has 4 N–H and O–H groups in total. The average Bonchev–Trinajstić information content (AvgIpc) is 2.65. The van der Waals surface area contributed by atoms with E-state index in [0.29, 0.717) is 11.3 Å². The number of amides is 2. The van der Waals surface area contributed by atoms with Crippen molar-refractivity contribution in [3.05, 3.63) is 29.8 Å². The van der Waals surface area contributed by atoms with E-state index in [0.717, 1.165) is 0 Å². The second-order valence-corrected chi connectivity index (χ2v) is 3.39. The third-order valence-corrected chi connectivity index (χ3v) is 2.25. The first-order valence-electron chi connectivity index (χ1n) is 4.75. The summed E-state index contributed by atoms with van der Waals surface area (Å²) >= 11 is 0. The Morgan fingerprint density at radius 3 is 2.88 bits per heavy atom. The molecule has 0 aromatic heterocycles. The van der Waals surface area contributed by atoms with E-state index < -0.39 is 6.04 Å². The van der Waals surface area contributed by atoms with Gasteiger partial charge in [-0.3, -0.25) is 14.4 Å². The molecule has 2 rings (SSSR count). The van der Waals surface area contributed by atoms with Crippen LogP contribution in [0.15, 0.2) is 24.3 Å². The maximum atomic E-state index is 11.7. The van der Waals surface area contributed by atoms with Crippen LogP contribution >= 0.6 is 0 Å². The lowest BCUT2D eigenvalue weighted by Crippen LogP contribution is -2.41. The number of benzene rings is 1. The van der Waals surface area contributed by atoms with Gasteiger partial charge in [-0.15, -0.1) is 0 Å². The zero-order chi connectivity index (χ0) is 11.5. The number of rotatable bonds is 2. The fraction of sp³-hybridized carbons (Fsp3) is 0.200. The SMILES string of the molecule is Nc1ccccc1C(=O)N[C@@H]1CONC1=O. The molecule has 1 saturated heterocycles. The summed E-state index contributed by atoms with van der Waals surface area (Å²) in [5.74, 6) is -0.744. The molecule has 2 amide bonds. The first-order chi connectivity index (χ1) is 7.68. The summed E-state index contributed by atoms with van der Waals surface area (Å²) in [6, 6.07) is 6.00. The molecule has 1 aliphatic heterocycles. The second kappa shape index (κ2) is 4.19. The number of hydroxylamine groups is 1. The molecule has 0 bridgehead atoms. The van der Waals surface area contributed by atoms with Crippen LogP contribution in [0.1, 0.15) is 10.4 Å². The van der Waals surface area contributed by atoms with Gasteiger partial charge < -0.3 is 11.1 Å². The number of nitrogen functional groups attached to an aromatic ring is 1. The Balaban J connectivity index is 2.09. The zero-order valence-electron chi connectivity index (χ0n) is 8.40. The summed E-state index contributed by atoms with van der Waals surface area (Å²) in [7, 11) is 0. The van der Waals surface area contributed by atoms with E-state index in [2.05, 4.69) is 10.8 Å². The molecule has 1 heterocycles. The lowest BCUT2D eigenvalue weighted by Gasteiger charge is -2.09. The van der Waals surface area contributed by atoms with Crippen LogP contribution in [0.25, 0.3) is 0 Å². The van der Waals surface area contributed by atoms with Gasteiger partial charge in [0.2, 0.25) is 0 Å². The van der Waals surface area contributed by atoms with Crippen LogP contribution in [0, 0.1) is 0 Å². The van der Waals surface area contributed by atoms with E-state index in [4.69, 9.17) is 10.6 Å². The summed E-state index contributed by atoms with van der Waals surface area (Å²) in [5, 5.41) is 2.53. The minimum atomic E-state index is -0.660. The molecule has 6 nitrogen and oxygen atoms in total. The van der Waals surface area contributed by atoms with Gasteiger partial charge in [-0.1, -0.05) is 12.1 Å². The van der Waals surface area contributed by atoms with Crippen LogP contribution < -0.4 is 16.5 Å². The van der Waals surface area contributed by atoms with E-state index in [-0.39, 0.29) is 18.4 Å². The Labute approximate surface area is 91.7 Å². The van der Waals surface area contributed by atoms with Gasteiger partial charge in [-0.05, 0) is 12.1 Å². The summed E-state index contributed by atoms with van der Waals surface area (Å²) in [6.45, 7) is 0.122. The van der Waals surface area contributed by atoms with Gasteiger partial charge in [0, 0.05) is 5.69 Å². The summed E-state index contributed by atoms with van der Waals surface area (Å²) < 4.78 is 0. The largest absolute Gasteiger partial charge is 0.398 e. The molecule has 84 valence electrons. The van der Waals surface area contributed by atoms with Crippen molar-refractivity contribution in [2.45, 2.75) is 6.04 Å². The van der Waals surface area contributed by atoms with Crippen LogP contribution in [0.4, 0.5) is 5.69 Å². The molecule has 1 aromatic carbocycles. The van der Waals surface area contributed by atoms with Crippen LogP contribution in [0.5, 0.6) is 0 Å². The Bertz CT molecular complexity index is 433. The summed E-state index contributed by atoms with van der Waals surface area (Å²) in [4.78, 5) is 27.6. The highest BCUT2D eigenvalue weighted by atomic mass is 16.7. The highest BCUT2D eigenvalue weighted by Crippen LogP contribution is 2.10. The molecule has 16 heavy (non-hydrogen) atoms. The summed E-state index contributed by atoms with van der Waals surface area (Å²) in [5.41, 5.74) is 8.52. The highest BCUT2D eigenvalue weighted by Gasteiger charge is 2.27. The molecule has 0 unspecified atom stereocenters. The predicted octanol–water partition coefficient (Wildman–Crippen LogP) is -0.571. The van der Waals surface area contributed by atoms with Gasteiger partial charge in [0.1, 0.15) is 12.6 Å². The molecule has 1 aromatic rings. The second-order valence-electron chi connectivity index (χ2n) is 3.39. The maximum absolute atomic E-state index is 11.7. The Kier molecular flexibility index (Phi) is 2.74. The van der Waals surface area contributed by atoms with Gasteiger partial charge in [-0.2, -0.15) is 0 Å². The molecular formula is C10H11N3O3. The highest BCUT2D eigenvalue weighted by molar-refractivity contribution is 6.01. The van der Waals surface area contributed by atoms with E-state index in [1.165, 1.54) is 0 Å². The molecule has 6 heteroatoms. The predicted molar refractivity (Wildman–Crippen MR) is 56.2 cm³/mol. The lowest BCUT2D eigenvalue weighted by molar-refractivity contribution is -0.125. The van der Waals surface area contributed by atoms with E-state index in [1.807, 2.05) is 0 Å². The van der Waals surface area contributed by atoms with Crippen molar-refractivity contribution in [1.82, 2.24) is 10.8 Å². The number of anilines is 1. The fourth-order valence-electron chi connectivity index (χ4n) is 1.39. The molecule has 0 spiro atoms. The number of hydrogen-bond donors (Lipinski definition) is 3. The van der Waals surface area contributed by atoms with Crippen molar-refractivity contribution in [3.8, 4) is 0 Å². The normalized spacial score (nSPS) is 19.2. The van der Waals surface area contributed by atoms with Crippen LogP contribution in [-0.4, -0.2) is 24.5 Å². The quantitative estimate of drug-likeness (QED) is 0.583. The van der Waals surface area contributed by atoms with Crippen molar-refractivity contribution in [1.29, 1.82) is 0 Å². The molecule has 0 saturated carbocycles. The van der Waals surface area contributed by atoms with Gasteiger partial charge in [-0.25, -0.2) is 5.48 Å². The minimum absolute atomic E-state index is 0.122. The van der Waals surface area contributed by atoms with Crippen molar-refractivity contribution in [2.75, 3.05) is 12.3 Å². The molecule has 1 aliphatic rings. The number of hydrogen-bond acceptors (Lipinski definition) is 4. The van der Waals surface area contributed by atoms with Crippen LogP contribution in [-0.2, 0) is 9.63 Å². The molecule has 1 atom stereocenters. The maximum Gasteiger partial charge on any atom is 0.268 e. The topological polar surface area (TPSA) is 93.5 Å². The smallest absolute Gasteiger partial charge is 0.268 e. The van der Waals surface area contributed by atoms with Crippen LogP contribution in [0.3, 0.4) is 0 Å². The monoisotopic (exact) mass is 221 g/mol. The van der Waals surface area contributed by atoms with E-state index >= 15 is 0 Å². The van der Waals surface area contributed by atoms with Crippen molar-refractivity contribution in [3.63, 3.8) is 0 Å². The minimum Gasteiger partial charge on any atom is -0.398 e. The number of carbonyl (C=O) groups excluding carboxylic acids is 2. The Hall–Kier alpha value is -2.08. The van der Waals surface area contributed by atoms with Crippen molar-refractivity contribution < 1.29 is 14.4 Å².